The van der Waals surface area contributed by atoms with Crippen LogP contribution >= 0.6 is 12.4 Å². The Morgan fingerprint density at radius 2 is 2.21 bits per heavy atom. The molecule has 0 saturated carbocycles. The first-order chi connectivity index (χ1) is 8.70. The fourth-order valence-corrected chi connectivity index (χ4v) is 2.76. The minimum Gasteiger partial charge on any atom is -0.330 e. The minimum atomic E-state index is 0. The van der Waals surface area contributed by atoms with Gasteiger partial charge in [-0.1, -0.05) is 6.42 Å². The molecule has 2 rings (SSSR count). The van der Waals surface area contributed by atoms with E-state index in [0.717, 1.165) is 19.5 Å². The van der Waals surface area contributed by atoms with E-state index in [1.54, 1.807) is 0 Å². The van der Waals surface area contributed by atoms with Gasteiger partial charge in [-0.2, -0.15) is 5.10 Å². The summed E-state index contributed by atoms with van der Waals surface area (Å²) < 4.78 is 2.04. The molecule has 0 amide bonds. The van der Waals surface area contributed by atoms with Gasteiger partial charge in [0.1, 0.15) is 0 Å². The number of nitrogens with two attached hydrogens (primary N) is 1. The Kier molecular flexibility index (Phi) is 6.83. The first-order valence-corrected chi connectivity index (χ1v) is 7.18. The summed E-state index contributed by atoms with van der Waals surface area (Å²) in [4.78, 5) is 2.58. The summed E-state index contributed by atoms with van der Waals surface area (Å²) in [5.74, 6) is 0. The van der Waals surface area contributed by atoms with Crippen molar-refractivity contribution in [1.29, 1.82) is 0 Å². The third kappa shape index (κ3) is 4.48. The lowest BCUT2D eigenvalue weighted by Gasteiger charge is -2.35. The molecule has 1 aromatic rings. The topological polar surface area (TPSA) is 47.1 Å². The molecule has 0 radical (unpaired) electrons. The fourth-order valence-electron chi connectivity index (χ4n) is 2.76. The molecule has 1 atom stereocenters. The number of rotatable bonds is 5. The number of aromatic nitrogens is 2. The molecule has 0 aromatic carbocycles. The number of hydrogen-bond acceptors (Lipinski definition) is 3. The highest BCUT2D eigenvalue weighted by atomic mass is 35.5. The molecule has 2 heterocycles. The van der Waals surface area contributed by atoms with Gasteiger partial charge >= 0.3 is 0 Å². The number of halogens is 1. The van der Waals surface area contributed by atoms with Crippen molar-refractivity contribution < 1.29 is 0 Å². The summed E-state index contributed by atoms with van der Waals surface area (Å²) in [5.41, 5.74) is 7.04. The molecule has 1 aliphatic heterocycles. The third-order valence-electron chi connectivity index (χ3n) is 3.82. The highest BCUT2D eigenvalue weighted by molar-refractivity contribution is 5.85. The van der Waals surface area contributed by atoms with Crippen molar-refractivity contribution in [1.82, 2.24) is 14.7 Å². The van der Waals surface area contributed by atoms with Gasteiger partial charge in [-0.15, -0.1) is 12.4 Å². The molecule has 19 heavy (non-hydrogen) atoms. The minimum absolute atomic E-state index is 0. The van der Waals surface area contributed by atoms with E-state index in [1.807, 2.05) is 10.9 Å². The van der Waals surface area contributed by atoms with Crippen molar-refractivity contribution in [3.8, 4) is 0 Å². The lowest BCUT2D eigenvalue weighted by molar-refractivity contribution is 0.134. The summed E-state index contributed by atoms with van der Waals surface area (Å²) in [7, 11) is 0. The summed E-state index contributed by atoms with van der Waals surface area (Å²) in [6.07, 6.45) is 9.28. The maximum absolute atomic E-state index is 5.72. The van der Waals surface area contributed by atoms with E-state index in [4.69, 9.17) is 5.73 Å². The van der Waals surface area contributed by atoms with E-state index in [9.17, 15) is 0 Å². The van der Waals surface area contributed by atoms with Gasteiger partial charge in [0.2, 0.25) is 0 Å². The van der Waals surface area contributed by atoms with Crippen LogP contribution in [0.3, 0.4) is 0 Å². The second-order valence-electron chi connectivity index (χ2n) is 5.62. The molecule has 5 heteroatoms. The maximum Gasteiger partial charge on any atom is 0.0534 e. The molecule has 2 N–H and O–H groups in total. The molecule has 0 bridgehead atoms. The second-order valence-corrected chi connectivity index (χ2v) is 5.62. The summed E-state index contributed by atoms with van der Waals surface area (Å²) in [6.45, 7) is 7.35. The average Bonchev–Trinajstić information content (AvgIpc) is 2.81. The monoisotopic (exact) mass is 286 g/mol. The van der Waals surface area contributed by atoms with E-state index in [0.29, 0.717) is 12.1 Å². The lowest BCUT2D eigenvalue weighted by atomic mass is 9.99. The van der Waals surface area contributed by atoms with Gasteiger partial charge in [-0.25, -0.2) is 0 Å². The van der Waals surface area contributed by atoms with Gasteiger partial charge in [-0.05, 0) is 46.2 Å². The van der Waals surface area contributed by atoms with Gasteiger partial charge in [0.15, 0.2) is 0 Å². The van der Waals surface area contributed by atoms with Gasteiger partial charge in [0, 0.05) is 30.4 Å². The predicted molar refractivity (Wildman–Crippen MR) is 81.6 cm³/mol. The molecule has 1 aromatic heterocycles. The Hall–Kier alpha value is -0.580. The van der Waals surface area contributed by atoms with E-state index < -0.39 is 0 Å². The van der Waals surface area contributed by atoms with Crippen LogP contribution in [0.15, 0.2) is 12.4 Å². The highest BCUT2D eigenvalue weighted by Crippen LogP contribution is 2.21. The molecule has 1 fully saturated rings. The number of nitrogens with zero attached hydrogens (tertiary/aromatic N) is 3. The van der Waals surface area contributed by atoms with Gasteiger partial charge in [-0.3, -0.25) is 9.58 Å². The molecule has 4 nitrogen and oxygen atoms in total. The number of piperidine rings is 1. The van der Waals surface area contributed by atoms with E-state index in [1.165, 1.54) is 31.4 Å². The van der Waals surface area contributed by atoms with Gasteiger partial charge in [0.05, 0.1) is 6.20 Å². The molecule has 110 valence electrons. The Morgan fingerprint density at radius 3 is 2.84 bits per heavy atom. The Labute approximate surface area is 122 Å². The van der Waals surface area contributed by atoms with E-state index in [-0.39, 0.29) is 12.4 Å². The number of likely N-dealkylation sites (tertiary alicyclic amines) is 1. The molecule has 1 unspecified atom stereocenters. The molecular weight excluding hydrogens is 260 g/mol. The third-order valence-corrected chi connectivity index (χ3v) is 3.82. The predicted octanol–water partition coefficient (Wildman–Crippen LogP) is 2.59. The van der Waals surface area contributed by atoms with Crippen LogP contribution in [0.2, 0.25) is 0 Å². The molecular formula is C14H27ClN4. The lowest BCUT2D eigenvalue weighted by Crippen LogP contribution is -2.40. The Bertz CT molecular complexity index is 362. The summed E-state index contributed by atoms with van der Waals surface area (Å²) >= 11 is 0. The van der Waals surface area contributed by atoms with Crippen molar-refractivity contribution in [2.75, 3.05) is 13.1 Å². The van der Waals surface area contributed by atoms with Crippen molar-refractivity contribution in [3.63, 3.8) is 0 Å². The normalized spacial score (nSPS) is 20.5. The van der Waals surface area contributed by atoms with Crippen LogP contribution in [0.25, 0.3) is 0 Å². The number of hydrogen-bond donors (Lipinski definition) is 1. The van der Waals surface area contributed by atoms with Crippen LogP contribution in [-0.4, -0.2) is 33.8 Å². The standard InChI is InChI=1S/C14H26N4.ClH/c1-12(2)18-11-13(9-16-18)10-17-8-4-3-5-14(17)6-7-15;/h9,11-12,14H,3-8,10,15H2,1-2H3;1H. The molecule has 0 spiro atoms. The zero-order chi connectivity index (χ0) is 13.0. The van der Waals surface area contributed by atoms with Crippen molar-refractivity contribution in [3.05, 3.63) is 18.0 Å². The van der Waals surface area contributed by atoms with Crippen molar-refractivity contribution in [2.45, 2.75) is 58.2 Å². The Balaban J connectivity index is 0.00000180. The van der Waals surface area contributed by atoms with Crippen LogP contribution in [0.4, 0.5) is 0 Å². The fraction of sp³-hybridized carbons (Fsp3) is 0.786. The first-order valence-electron chi connectivity index (χ1n) is 7.18. The zero-order valence-corrected chi connectivity index (χ0v) is 12.9. The van der Waals surface area contributed by atoms with E-state index in [2.05, 4.69) is 30.0 Å². The largest absolute Gasteiger partial charge is 0.330 e. The SMILES string of the molecule is CC(C)n1cc(CN2CCCCC2CCN)cn1.Cl. The smallest absolute Gasteiger partial charge is 0.0534 e. The Morgan fingerprint density at radius 1 is 1.42 bits per heavy atom. The molecule has 1 saturated heterocycles. The molecule has 1 aliphatic rings. The quantitative estimate of drug-likeness (QED) is 0.905. The summed E-state index contributed by atoms with van der Waals surface area (Å²) in [5, 5.41) is 4.42. The maximum atomic E-state index is 5.72. The zero-order valence-electron chi connectivity index (χ0n) is 12.1. The van der Waals surface area contributed by atoms with Crippen LogP contribution < -0.4 is 5.73 Å². The average molecular weight is 287 g/mol. The van der Waals surface area contributed by atoms with Crippen molar-refractivity contribution in [2.24, 2.45) is 5.73 Å². The second kappa shape index (κ2) is 7.88. The van der Waals surface area contributed by atoms with Crippen LogP contribution in [0, 0.1) is 0 Å². The van der Waals surface area contributed by atoms with Gasteiger partial charge in [0.25, 0.3) is 0 Å². The molecule has 0 aliphatic carbocycles. The van der Waals surface area contributed by atoms with Crippen LogP contribution in [0.1, 0.15) is 51.1 Å². The summed E-state index contributed by atoms with van der Waals surface area (Å²) in [6, 6.07) is 1.12. The van der Waals surface area contributed by atoms with Crippen molar-refractivity contribution >= 4 is 12.4 Å². The van der Waals surface area contributed by atoms with Gasteiger partial charge < -0.3 is 5.73 Å². The highest BCUT2D eigenvalue weighted by Gasteiger charge is 2.22. The van der Waals surface area contributed by atoms with Crippen LogP contribution in [-0.2, 0) is 6.54 Å². The van der Waals surface area contributed by atoms with Crippen LogP contribution in [0.5, 0.6) is 0 Å². The first kappa shape index (κ1) is 16.5. The van der Waals surface area contributed by atoms with E-state index >= 15 is 0 Å².